The van der Waals surface area contributed by atoms with Crippen molar-refractivity contribution < 1.29 is 14.3 Å². The van der Waals surface area contributed by atoms with Crippen molar-refractivity contribution in [1.82, 2.24) is 4.90 Å². The summed E-state index contributed by atoms with van der Waals surface area (Å²) in [5.41, 5.74) is 1.81. The number of likely N-dealkylation sites (tertiary alicyclic amines) is 1. The lowest BCUT2D eigenvalue weighted by atomic mass is 9.83. The van der Waals surface area contributed by atoms with Crippen LogP contribution in [0.1, 0.15) is 35.2 Å². The molecule has 0 atom stereocenters. The van der Waals surface area contributed by atoms with Crippen molar-refractivity contribution in [2.45, 2.75) is 31.3 Å². The highest BCUT2D eigenvalue weighted by Gasteiger charge is 2.40. The number of piperidine rings is 1. The Kier molecular flexibility index (Phi) is 4.65. The van der Waals surface area contributed by atoms with Crippen molar-refractivity contribution in [3.05, 3.63) is 58.1 Å². The Morgan fingerprint density at radius 2 is 1.92 bits per heavy atom. The van der Waals surface area contributed by atoms with Crippen molar-refractivity contribution in [3.8, 4) is 11.5 Å². The van der Waals surface area contributed by atoms with Gasteiger partial charge in [0.05, 0.1) is 12.7 Å². The van der Waals surface area contributed by atoms with Crippen LogP contribution in [0.25, 0.3) is 0 Å². The van der Waals surface area contributed by atoms with Crippen LogP contribution in [0.5, 0.6) is 11.5 Å². The minimum atomic E-state index is -0.128. The third-order valence-electron chi connectivity index (χ3n) is 5.51. The van der Waals surface area contributed by atoms with Crippen LogP contribution in [0.3, 0.4) is 0 Å². The number of nitrogens with zero attached hydrogens (tertiary/aromatic N) is 1. The van der Waals surface area contributed by atoms with Crippen LogP contribution < -0.4 is 9.47 Å². The van der Waals surface area contributed by atoms with Crippen LogP contribution in [0.4, 0.5) is 0 Å². The van der Waals surface area contributed by atoms with E-state index in [2.05, 4.69) is 34.1 Å². The predicted molar refractivity (Wildman–Crippen MR) is 104 cm³/mol. The fraction of sp³-hybridized carbons (Fsp3) is 0.381. The predicted octanol–water partition coefficient (Wildman–Crippen LogP) is 4.46. The normalized spacial score (nSPS) is 18.2. The minimum absolute atomic E-state index is 0.0434. The number of fused-ring (bicyclic) bond motifs is 1. The first kappa shape index (κ1) is 17.4. The van der Waals surface area contributed by atoms with Crippen LogP contribution in [-0.2, 0) is 6.42 Å². The molecule has 4 rings (SSSR count). The molecule has 0 N–H and O–H groups in total. The van der Waals surface area contributed by atoms with Gasteiger partial charge in [-0.05, 0) is 58.6 Å². The Bertz CT molecular complexity index is 828. The molecule has 2 aromatic rings. The molecule has 1 amide bonds. The molecule has 1 saturated heterocycles. The number of methoxy groups -OCH3 is 1. The second kappa shape index (κ2) is 6.95. The quantitative estimate of drug-likeness (QED) is 0.726. The zero-order valence-corrected chi connectivity index (χ0v) is 16.4. The van der Waals surface area contributed by atoms with E-state index in [9.17, 15) is 4.79 Å². The summed E-state index contributed by atoms with van der Waals surface area (Å²) in [4.78, 5) is 14.9. The molecular formula is C21H22BrNO3. The molecule has 0 aliphatic carbocycles. The van der Waals surface area contributed by atoms with Crippen LogP contribution in [0.2, 0.25) is 0 Å². The third-order valence-corrected chi connectivity index (χ3v) is 6.21. The molecule has 26 heavy (non-hydrogen) atoms. The van der Waals surface area contributed by atoms with Gasteiger partial charge in [-0.3, -0.25) is 4.79 Å². The fourth-order valence-corrected chi connectivity index (χ4v) is 4.31. The maximum absolute atomic E-state index is 13.0. The van der Waals surface area contributed by atoms with E-state index >= 15 is 0 Å². The number of halogens is 1. The topological polar surface area (TPSA) is 38.8 Å². The number of para-hydroxylation sites is 1. The maximum Gasteiger partial charge on any atom is 0.255 e. The van der Waals surface area contributed by atoms with Gasteiger partial charge in [0.2, 0.25) is 0 Å². The summed E-state index contributed by atoms with van der Waals surface area (Å²) < 4.78 is 12.4. The summed E-state index contributed by atoms with van der Waals surface area (Å²) in [6.45, 7) is 1.43. The maximum atomic E-state index is 13.0. The summed E-state index contributed by atoms with van der Waals surface area (Å²) in [5, 5.41) is 0. The number of carbonyl (C=O) groups excluding carboxylic acids is 1. The van der Waals surface area contributed by atoms with Crippen LogP contribution >= 0.6 is 15.9 Å². The van der Waals surface area contributed by atoms with Crippen molar-refractivity contribution >= 4 is 21.8 Å². The van der Waals surface area contributed by atoms with Crippen LogP contribution in [-0.4, -0.2) is 36.6 Å². The average molecular weight is 416 g/mol. The Hall–Kier alpha value is -2.01. The fourth-order valence-electron chi connectivity index (χ4n) is 3.89. The third kappa shape index (κ3) is 3.20. The van der Waals surface area contributed by atoms with Gasteiger partial charge in [0.15, 0.2) is 0 Å². The molecule has 2 aromatic carbocycles. The van der Waals surface area contributed by atoms with E-state index in [1.165, 1.54) is 5.56 Å². The van der Waals surface area contributed by atoms with Crippen molar-refractivity contribution in [2.75, 3.05) is 20.2 Å². The second-order valence-corrected chi connectivity index (χ2v) is 7.89. The molecule has 5 heteroatoms. The zero-order valence-electron chi connectivity index (χ0n) is 14.8. The highest BCUT2D eigenvalue weighted by atomic mass is 79.9. The number of hydrogen-bond acceptors (Lipinski definition) is 3. The molecule has 1 spiro atoms. The van der Waals surface area contributed by atoms with Gasteiger partial charge in [-0.25, -0.2) is 0 Å². The number of hydrogen-bond donors (Lipinski definition) is 0. The van der Waals surface area contributed by atoms with Crippen LogP contribution in [0.15, 0.2) is 46.9 Å². The summed E-state index contributed by atoms with van der Waals surface area (Å²) in [6.07, 6.45) is 3.81. The summed E-state index contributed by atoms with van der Waals surface area (Å²) in [5.74, 6) is 1.74. The molecule has 2 aliphatic heterocycles. The number of amides is 1. The van der Waals surface area contributed by atoms with Crippen molar-refractivity contribution in [3.63, 3.8) is 0 Å². The lowest BCUT2D eigenvalue weighted by molar-refractivity contribution is -0.0107. The van der Waals surface area contributed by atoms with Gasteiger partial charge < -0.3 is 14.4 Å². The van der Waals surface area contributed by atoms with Gasteiger partial charge in [0.1, 0.15) is 17.1 Å². The van der Waals surface area contributed by atoms with Crippen molar-refractivity contribution in [1.29, 1.82) is 0 Å². The molecule has 2 heterocycles. The molecule has 136 valence electrons. The molecule has 0 radical (unpaired) electrons. The standard InChI is InChI=1S/C21H22BrNO3/c1-25-16-6-7-18(22)17(14-16)20(24)23-12-10-21(11-13-23)9-8-15-4-2-3-5-19(15)26-21/h2-7,14H,8-13H2,1H3. The zero-order chi connectivity index (χ0) is 18.1. The molecule has 0 aromatic heterocycles. The monoisotopic (exact) mass is 415 g/mol. The largest absolute Gasteiger partial charge is 0.497 e. The number of aryl methyl sites for hydroxylation is 1. The van der Waals surface area contributed by atoms with E-state index in [-0.39, 0.29) is 11.5 Å². The minimum Gasteiger partial charge on any atom is -0.497 e. The number of ether oxygens (including phenoxy) is 2. The highest BCUT2D eigenvalue weighted by molar-refractivity contribution is 9.10. The summed E-state index contributed by atoms with van der Waals surface area (Å²) >= 11 is 3.49. The number of carbonyl (C=O) groups is 1. The number of rotatable bonds is 2. The SMILES string of the molecule is COc1ccc(Br)c(C(=O)N2CCC3(CCc4ccccc4O3)CC2)c1. The van der Waals surface area contributed by atoms with Gasteiger partial charge in [0.25, 0.3) is 5.91 Å². The highest BCUT2D eigenvalue weighted by Crippen LogP contribution is 2.39. The summed E-state index contributed by atoms with van der Waals surface area (Å²) in [7, 11) is 1.61. The Morgan fingerprint density at radius 3 is 2.69 bits per heavy atom. The van der Waals surface area contributed by atoms with E-state index in [1.54, 1.807) is 13.2 Å². The van der Waals surface area contributed by atoms with Crippen LogP contribution in [0, 0.1) is 0 Å². The average Bonchev–Trinajstić information content (AvgIpc) is 2.68. The Morgan fingerprint density at radius 1 is 1.15 bits per heavy atom. The Labute approximate surface area is 162 Å². The smallest absolute Gasteiger partial charge is 0.255 e. The van der Waals surface area contributed by atoms with Gasteiger partial charge in [-0.15, -0.1) is 0 Å². The molecule has 4 nitrogen and oxygen atoms in total. The molecule has 0 bridgehead atoms. The molecular weight excluding hydrogens is 394 g/mol. The van der Waals surface area contributed by atoms with E-state index in [0.717, 1.165) is 35.9 Å². The van der Waals surface area contributed by atoms with Gasteiger partial charge in [-0.1, -0.05) is 18.2 Å². The van der Waals surface area contributed by atoms with E-state index in [4.69, 9.17) is 9.47 Å². The summed E-state index contributed by atoms with van der Waals surface area (Å²) in [6, 6.07) is 13.8. The molecule has 0 unspecified atom stereocenters. The van der Waals surface area contributed by atoms with Gasteiger partial charge >= 0.3 is 0 Å². The van der Waals surface area contributed by atoms with E-state index in [1.807, 2.05) is 23.1 Å². The van der Waals surface area contributed by atoms with Crippen molar-refractivity contribution in [2.24, 2.45) is 0 Å². The molecule has 2 aliphatic rings. The first-order valence-corrected chi connectivity index (χ1v) is 9.79. The van der Waals surface area contributed by atoms with E-state index in [0.29, 0.717) is 24.4 Å². The van der Waals surface area contributed by atoms with Gasteiger partial charge in [0, 0.05) is 30.4 Å². The molecule has 1 fully saturated rings. The second-order valence-electron chi connectivity index (χ2n) is 7.03. The molecule has 0 saturated carbocycles. The lowest BCUT2D eigenvalue weighted by Gasteiger charge is -2.44. The first-order chi connectivity index (χ1) is 12.6. The Balaban J connectivity index is 1.47. The first-order valence-electron chi connectivity index (χ1n) is 9.00. The van der Waals surface area contributed by atoms with Gasteiger partial charge in [-0.2, -0.15) is 0 Å². The van der Waals surface area contributed by atoms with E-state index < -0.39 is 0 Å². The lowest BCUT2D eigenvalue weighted by Crippen LogP contribution is -2.51. The number of benzene rings is 2.